The molecule has 2 heterocycles. The number of nitrogens with zero attached hydrogens (tertiary/aromatic N) is 1. The van der Waals surface area contributed by atoms with Crippen LogP contribution in [0.2, 0.25) is 0 Å². The van der Waals surface area contributed by atoms with Gasteiger partial charge in [-0.15, -0.1) is 0 Å². The van der Waals surface area contributed by atoms with Gasteiger partial charge in [-0.25, -0.2) is 0 Å². The number of rotatable bonds is 14. The molecule has 0 aliphatic carbocycles. The Bertz CT molecular complexity index is 1200. The molecule has 220 valence electrons. The van der Waals surface area contributed by atoms with Crippen molar-refractivity contribution in [3.63, 3.8) is 0 Å². The largest absolute Gasteiger partial charge is 0.497 e. The average molecular weight is 567 g/mol. The first kappa shape index (κ1) is 30.2. The number of methoxy groups -OCH3 is 1. The molecule has 3 atom stereocenters. The number of ketones is 1. The molecular weight excluding hydrogens is 528 g/mol. The van der Waals surface area contributed by atoms with Crippen LogP contribution in [-0.4, -0.2) is 99.2 Å². The molecular formula is C30H38N4O7. The fraction of sp³-hybridized carbons (Fsp3) is 0.467. The van der Waals surface area contributed by atoms with Crippen molar-refractivity contribution in [2.45, 2.75) is 37.5 Å². The first-order chi connectivity index (χ1) is 19.8. The van der Waals surface area contributed by atoms with Gasteiger partial charge in [-0.05, 0) is 36.6 Å². The van der Waals surface area contributed by atoms with Gasteiger partial charge in [0.1, 0.15) is 17.4 Å². The van der Waals surface area contributed by atoms with Crippen LogP contribution < -0.4 is 20.7 Å². The number of amides is 3. The molecule has 2 saturated heterocycles. The average Bonchev–Trinajstić information content (AvgIpc) is 3.74. The summed E-state index contributed by atoms with van der Waals surface area (Å²) in [7, 11) is 1.56. The molecule has 2 unspecified atom stereocenters. The SMILES string of the molecule is COc1ccc(C[C@H](NC(=O)CNC(=O)CN2CCOCC2)C(=O)NC(Cc2ccccc2)C(=O)C2(C)CO2)cc1. The van der Waals surface area contributed by atoms with Gasteiger partial charge >= 0.3 is 0 Å². The Morgan fingerprint density at radius 2 is 1.54 bits per heavy atom. The van der Waals surface area contributed by atoms with Crippen molar-refractivity contribution in [3.8, 4) is 5.75 Å². The molecule has 0 spiro atoms. The third-order valence-corrected chi connectivity index (χ3v) is 7.18. The van der Waals surface area contributed by atoms with E-state index in [2.05, 4.69) is 16.0 Å². The number of nitrogens with one attached hydrogen (secondary N) is 3. The highest BCUT2D eigenvalue weighted by molar-refractivity contribution is 5.98. The second-order valence-corrected chi connectivity index (χ2v) is 10.5. The minimum absolute atomic E-state index is 0.163. The number of ether oxygens (including phenoxy) is 3. The Hall–Kier alpha value is -3.80. The van der Waals surface area contributed by atoms with Crippen molar-refractivity contribution in [1.29, 1.82) is 0 Å². The Kier molecular flexibility index (Phi) is 10.4. The molecule has 3 amide bonds. The Balaban J connectivity index is 1.43. The Labute approximate surface area is 239 Å². The smallest absolute Gasteiger partial charge is 0.243 e. The molecule has 0 saturated carbocycles. The second-order valence-electron chi connectivity index (χ2n) is 10.5. The minimum Gasteiger partial charge on any atom is -0.497 e. The van der Waals surface area contributed by atoms with E-state index in [9.17, 15) is 19.2 Å². The third-order valence-electron chi connectivity index (χ3n) is 7.18. The maximum atomic E-state index is 13.6. The van der Waals surface area contributed by atoms with E-state index in [1.54, 1.807) is 38.3 Å². The number of benzene rings is 2. The van der Waals surface area contributed by atoms with Crippen molar-refractivity contribution in [2.24, 2.45) is 0 Å². The summed E-state index contributed by atoms with van der Waals surface area (Å²) in [6, 6.07) is 14.7. The summed E-state index contributed by atoms with van der Waals surface area (Å²) in [4.78, 5) is 54.1. The van der Waals surface area contributed by atoms with Gasteiger partial charge in [0.05, 0.1) is 46.1 Å². The van der Waals surface area contributed by atoms with Crippen LogP contribution in [0.15, 0.2) is 54.6 Å². The number of Topliss-reactive ketones (excluding diaryl/α,β-unsaturated/α-hetero) is 1. The number of carbonyl (C=O) groups is 4. The van der Waals surface area contributed by atoms with Gasteiger partial charge in [-0.2, -0.15) is 0 Å². The van der Waals surface area contributed by atoms with E-state index in [1.165, 1.54) is 0 Å². The van der Waals surface area contributed by atoms with Gasteiger partial charge in [0.2, 0.25) is 17.7 Å². The molecule has 0 bridgehead atoms. The van der Waals surface area contributed by atoms with E-state index in [1.807, 2.05) is 35.2 Å². The number of hydrogen-bond acceptors (Lipinski definition) is 8. The molecule has 2 aromatic rings. The van der Waals surface area contributed by atoms with E-state index in [0.717, 1.165) is 11.1 Å². The minimum atomic E-state index is -0.994. The summed E-state index contributed by atoms with van der Waals surface area (Å²) in [6.45, 7) is 4.31. The highest BCUT2D eigenvalue weighted by Gasteiger charge is 2.50. The summed E-state index contributed by atoms with van der Waals surface area (Å²) in [5, 5.41) is 8.23. The second kappa shape index (κ2) is 14.2. The van der Waals surface area contributed by atoms with E-state index >= 15 is 0 Å². The molecule has 11 heteroatoms. The van der Waals surface area contributed by atoms with Crippen LogP contribution in [0, 0.1) is 0 Å². The van der Waals surface area contributed by atoms with E-state index in [-0.39, 0.29) is 37.6 Å². The van der Waals surface area contributed by atoms with Gasteiger partial charge in [0.15, 0.2) is 5.78 Å². The lowest BCUT2D eigenvalue weighted by molar-refractivity contribution is -0.133. The standard InChI is InChI=1S/C30H38N4O7/c1-30(20-41-30)28(37)24(16-21-6-4-3-5-7-21)33-29(38)25(17-22-8-10-23(39-2)11-9-22)32-26(35)18-31-27(36)19-34-12-14-40-15-13-34/h3-11,24-25H,12-20H2,1-2H3,(H,31,36)(H,32,35)(H,33,38)/t24?,25-,30?/m0/s1. The molecule has 3 N–H and O–H groups in total. The number of hydrogen-bond donors (Lipinski definition) is 3. The first-order valence-corrected chi connectivity index (χ1v) is 13.8. The zero-order valence-electron chi connectivity index (χ0n) is 23.5. The van der Waals surface area contributed by atoms with Gasteiger partial charge in [0.25, 0.3) is 0 Å². The lowest BCUT2D eigenvalue weighted by Gasteiger charge is -2.26. The zero-order valence-corrected chi connectivity index (χ0v) is 23.5. The highest BCUT2D eigenvalue weighted by Crippen LogP contribution is 2.29. The van der Waals surface area contributed by atoms with Gasteiger partial charge in [0, 0.05) is 19.5 Å². The van der Waals surface area contributed by atoms with Crippen molar-refractivity contribution in [3.05, 3.63) is 65.7 Å². The van der Waals surface area contributed by atoms with E-state index < -0.39 is 29.5 Å². The molecule has 2 aliphatic heterocycles. The molecule has 2 aromatic carbocycles. The predicted molar refractivity (Wildman–Crippen MR) is 150 cm³/mol. The maximum Gasteiger partial charge on any atom is 0.243 e. The van der Waals surface area contributed by atoms with E-state index in [0.29, 0.717) is 38.7 Å². The summed E-state index contributed by atoms with van der Waals surface area (Å²) in [5.74, 6) is -0.873. The molecule has 4 rings (SSSR count). The molecule has 2 aliphatic rings. The number of epoxide rings is 1. The van der Waals surface area contributed by atoms with Crippen LogP contribution in [0.4, 0.5) is 0 Å². The predicted octanol–water partition coefficient (Wildman–Crippen LogP) is 0.256. The van der Waals surface area contributed by atoms with Crippen molar-refractivity contribution < 1.29 is 33.4 Å². The topological polar surface area (TPSA) is 139 Å². The zero-order chi connectivity index (χ0) is 29.2. The maximum absolute atomic E-state index is 13.6. The van der Waals surface area contributed by atoms with Crippen LogP contribution in [0.1, 0.15) is 18.1 Å². The summed E-state index contributed by atoms with van der Waals surface area (Å²) in [5.41, 5.74) is 0.729. The lowest BCUT2D eigenvalue weighted by atomic mass is 9.94. The molecule has 2 fully saturated rings. The Morgan fingerprint density at radius 1 is 0.902 bits per heavy atom. The normalized spacial score (nSPS) is 19.9. The van der Waals surface area contributed by atoms with Crippen molar-refractivity contribution in [2.75, 3.05) is 53.1 Å². The summed E-state index contributed by atoms with van der Waals surface area (Å²) >= 11 is 0. The van der Waals surface area contributed by atoms with Crippen molar-refractivity contribution >= 4 is 23.5 Å². The van der Waals surface area contributed by atoms with Crippen molar-refractivity contribution in [1.82, 2.24) is 20.9 Å². The highest BCUT2D eigenvalue weighted by atomic mass is 16.6. The molecule has 0 aromatic heterocycles. The van der Waals surface area contributed by atoms with E-state index in [4.69, 9.17) is 14.2 Å². The fourth-order valence-corrected chi connectivity index (χ4v) is 4.60. The summed E-state index contributed by atoms with van der Waals surface area (Å²) in [6.07, 6.45) is 0.453. The van der Waals surface area contributed by atoms with Crippen LogP contribution in [0.5, 0.6) is 5.75 Å². The molecule has 0 radical (unpaired) electrons. The fourth-order valence-electron chi connectivity index (χ4n) is 4.60. The number of carbonyl (C=O) groups excluding carboxylic acids is 4. The van der Waals surface area contributed by atoms with Gasteiger partial charge in [-0.3, -0.25) is 24.1 Å². The lowest BCUT2D eigenvalue weighted by Crippen LogP contribution is -2.56. The van der Waals surface area contributed by atoms with Crippen LogP contribution in [-0.2, 0) is 41.5 Å². The molecule has 41 heavy (non-hydrogen) atoms. The van der Waals surface area contributed by atoms with Gasteiger partial charge in [-0.1, -0.05) is 42.5 Å². The first-order valence-electron chi connectivity index (χ1n) is 13.8. The Morgan fingerprint density at radius 3 is 2.17 bits per heavy atom. The molecule has 11 nitrogen and oxygen atoms in total. The summed E-state index contributed by atoms with van der Waals surface area (Å²) < 4.78 is 15.9. The third kappa shape index (κ3) is 9.10. The monoisotopic (exact) mass is 566 g/mol. The van der Waals surface area contributed by atoms with Gasteiger partial charge < -0.3 is 30.2 Å². The van der Waals surface area contributed by atoms with Crippen LogP contribution in [0.25, 0.3) is 0 Å². The number of morpholine rings is 1. The van der Waals surface area contributed by atoms with Crippen LogP contribution >= 0.6 is 0 Å². The quantitative estimate of drug-likeness (QED) is 0.277. The van der Waals surface area contributed by atoms with Crippen LogP contribution in [0.3, 0.4) is 0 Å².